The lowest BCUT2D eigenvalue weighted by atomic mass is 10.1. The zero-order valence-corrected chi connectivity index (χ0v) is 24.2. The second kappa shape index (κ2) is 12.9. The maximum absolute atomic E-state index is 8.48. The predicted octanol–water partition coefficient (Wildman–Crippen LogP) is 7.41. The van der Waals surface area contributed by atoms with Crippen LogP contribution in [0.15, 0.2) is 101 Å². The molecule has 0 unspecified atom stereocenters. The van der Waals surface area contributed by atoms with Crippen LogP contribution in [0.4, 0.5) is 0 Å². The first-order chi connectivity index (χ1) is 22.8. The van der Waals surface area contributed by atoms with Gasteiger partial charge in [0.25, 0.3) is 0 Å². The lowest BCUT2D eigenvalue weighted by molar-refractivity contribution is 0.669. The summed E-state index contributed by atoms with van der Waals surface area (Å²) in [5.74, 6) is -0.745. The topological polar surface area (TPSA) is 51.8 Å². The highest BCUT2D eigenvalue weighted by atomic mass is 35.5. The summed E-state index contributed by atoms with van der Waals surface area (Å²) in [5.41, 5.74) is 0.681. The number of halogens is 1. The normalized spacial score (nSPS) is 14.1. The lowest BCUT2D eigenvalue weighted by Gasteiger charge is -2.09. The number of rotatable bonds is 3. The third kappa shape index (κ3) is 6.13. The quantitative estimate of drug-likeness (QED) is 0.202. The SMILES string of the molecule is S=S=S=S=S=S.[2H]c1c([2H])c([2H])c(-c2nc(-c3c([2H])c([2H])c([2H])c([2H])c3[2H])nc(-c3cccc4oc5ccc(Cl)cc5c34)n2)c([2H])c1[2H]. The molecule has 11 heteroatoms. The molecule has 6 rings (SSSR count). The Bertz CT molecular complexity index is 2330. The molecule has 0 aliphatic heterocycles. The van der Waals surface area contributed by atoms with Crippen LogP contribution in [-0.4, -0.2) is 15.0 Å². The Labute approximate surface area is 259 Å². The zero-order chi connectivity index (χ0) is 35.0. The van der Waals surface area contributed by atoms with Crippen LogP contribution in [0, 0.1) is 0 Å². The largest absolute Gasteiger partial charge is 0.456 e. The van der Waals surface area contributed by atoms with Crippen molar-refractivity contribution in [2.24, 2.45) is 0 Å². The van der Waals surface area contributed by atoms with Crippen molar-refractivity contribution in [1.82, 2.24) is 15.0 Å². The maximum atomic E-state index is 8.48. The Morgan fingerprint density at radius 2 is 1.29 bits per heavy atom. The van der Waals surface area contributed by atoms with Crippen molar-refractivity contribution < 1.29 is 18.1 Å². The maximum Gasteiger partial charge on any atom is 0.164 e. The molecule has 4 aromatic carbocycles. The van der Waals surface area contributed by atoms with E-state index in [4.69, 9.17) is 29.7 Å². The highest BCUT2D eigenvalue weighted by Gasteiger charge is 2.17. The van der Waals surface area contributed by atoms with E-state index in [0.717, 1.165) is 0 Å². The minimum absolute atomic E-state index is 0.0538. The number of hydrogen-bond acceptors (Lipinski definition) is 6. The predicted molar refractivity (Wildman–Crippen MR) is 173 cm³/mol. The van der Waals surface area contributed by atoms with Crippen LogP contribution in [0.5, 0.6) is 0 Å². The molecule has 38 heavy (non-hydrogen) atoms. The summed E-state index contributed by atoms with van der Waals surface area (Å²) in [6.07, 6.45) is 0. The van der Waals surface area contributed by atoms with E-state index in [0.29, 0.717) is 32.5 Å². The van der Waals surface area contributed by atoms with Crippen LogP contribution >= 0.6 is 11.6 Å². The Hall–Kier alpha value is -2.70. The van der Waals surface area contributed by atoms with Gasteiger partial charge >= 0.3 is 0 Å². The van der Waals surface area contributed by atoms with E-state index in [2.05, 4.69) is 37.3 Å². The highest BCUT2D eigenvalue weighted by molar-refractivity contribution is 8.64. The van der Waals surface area contributed by atoms with Crippen molar-refractivity contribution in [2.75, 3.05) is 0 Å². The van der Waals surface area contributed by atoms with Crippen LogP contribution in [0.1, 0.15) is 13.7 Å². The van der Waals surface area contributed by atoms with Crippen LogP contribution in [0.3, 0.4) is 0 Å². The number of furan rings is 1. The first kappa shape index (κ1) is 17.1. The second-order valence-electron chi connectivity index (χ2n) is 7.00. The Balaban J connectivity index is 0.000000689. The summed E-state index contributed by atoms with van der Waals surface area (Å²) in [4.78, 5) is 13.3. The minimum Gasteiger partial charge on any atom is -0.456 e. The molecule has 2 heterocycles. The molecular formula is C27H16ClN3OS6. The highest BCUT2D eigenvalue weighted by Crippen LogP contribution is 2.37. The van der Waals surface area contributed by atoms with Crippen molar-refractivity contribution in [3.05, 3.63) is 102 Å². The Kier molecular flexibility index (Phi) is 5.80. The average Bonchev–Trinajstić information content (AvgIpc) is 3.45. The Morgan fingerprint density at radius 1 is 0.711 bits per heavy atom. The van der Waals surface area contributed by atoms with Gasteiger partial charge in [-0.1, -0.05) is 84.2 Å². The van der Waals surface area contributed by atoms with Gasteiger partial charge < -0.3 is 4.42 Å². The molecule has 0 atom stereocenters. The molecule has 0 aliphatic rings. The first-order valence-electron chi connectivity index (χ1n) is 15.3. The molecule has 0 fully saturated rings. The smallest absolute Gasteiger partial charge is 0.164 e. The molecule has 0 bridgehead atoms. The van der Waals surface area contributed by atoms with Gasteiger partial charge in [0.15, 0.2) is 17.5 Å². The van der Waals surface area contributed by atoms with Gasteiger partial charge in [0.2, 0.25) is 0 Å². The van der Waals surface area contributed by atoms with Gasteiger partial charge in [-0.15, -0.1) is 0 Å². The summed E-state index contributed by atoms with van der Waals surface area (Å²) in [5, 5.41) is 1.62. The molecule has 0 spiro atoms. The lowest BCUT2D eigenvalue weighted by Crippen LogP contribution is -2.00. The van der Waals surface area contributed by atoms with Crippen molar-refractivity contribution in [3.63, 3.8) is 0 Å². The van der Waals surface area contributed by atoms with Gasteiger partial charge in [0.1, 0.15) is 11.2 Å². The molecule has 0 amide bonds. The molecule has 188 valence electrons. The van der Waals surface area contributed by atoms with Gasteiger partial charge in [0.05, 0.1) is 13.7 Å². The number of fused-ring (bicyclic) bond motifs is 3. The molecule has 2 aromatic heterocycles. The molecule has 0 radical (unpaired) electrons. The van der Waals surface area contributed by atoms with Crippen LogP contribution < -0.4 is 0 Å². The molecule has 0 aliphatic carbocycles. The van der Waals surface area contributed by atoms with Gasteiger partial charge in [-0.25, -0.2) is 15.0 Å². The van der Waals surface area contributed by atoms with Crippen LogP contribution in [-0.2, 0) is 57.9 Å². The van der Waals surface area contributed by atoms with Crippen molar-refractivity contribution in [1.29, 1.82) is 0 Å². The van der Waals surface area contributed by atoms with E-state index in [9.17, 15) is 0 Å². The van der Waals surface area contributed by atoms with Gasteiger partial charge in [-0.3, -0.25) is 0 Å². The first-order valence-corrected chi connectivity index (χ1v) is 17.3. The minimum atomic E-state index is -0.616. The Morgan fingerprint density at radius 3 is 1.87 bits per heavy atom. The standard InChI is InChI=1S/C27H16ClN3O.S6/c28-19-14-15-22-21(16-19)24-20(12-7-13-23(24)32-22)27-30-25(17-8-3-1-4-9-17)29-26(31-27)18-10-5-2-6-11-18;1-3-5-6-4-2/h1-16H;/i1D,2D,3D,4D,5D,6D,8D,9D,10D,11D;. The zero-order valence-electron chi connectivity index (χ0n) is 28.5. The van der Waals surface area contributed by atoms with Gasteiger partial charge in [-0.2, -0.15) is 0 Å². The second-order valence-corrected chi connectivity index (χ2v) is 14.5. The summed E-state index contributed by atoms with van der Waals surface area (Å²) >= 11 is 15.3. The third-order valence-electron chi connectivity index (χ3n) is 4.86. The third-order valence-corrected chi connectivity index (χ3v) is 11.8. The van der Waals surface area contributed by atoms with E-state index < -0.39 is 60.4 Å². The molecule has 4 nitrogen and oxygen atoms in total. The van der Waals surface area contributed by atoms with E-state index in [1.807, 2.05) is 0 Å². The fraction of sp³-hybridized carbons (Fsp3) is 0. The van der Waals surface area contributed by atoms with E-state index in [-0.39, 0.29) is 28.6 Å². The monoisotopic (exact) mass is 635 g/mol. The average molecular weight is 636 g/mol. The summed E-state index contributed by atoms with van der Waals surface area (Å²) in [6.45, 7) is 0. The summed E-state index contributed by atoms with van der Waals surface area (Å²) in [6, 6.07) is 4.13. The van der Waals surface area contributed by atoms with E-state index >= 15 is 0 Å². The van der Waals surface area contributed by atoms with Gasteiger partial charge in [-0.05, 0) is 24.3 Å². The van der Waals surface area contributed by atoms with Crippen LogP contribution in [0.2, 0.25) is 5.02 Å². The van der Waals surface area contributed by atoms with Crippen molar-refractivity contribution in [3.8, 4) is 34.2 Å². The summed E-state index contributed by atoms with van der Waals surface area (Å²) < 4.78 is 88.3. The van der Waals surface area contributed by atoms with Crippen LogP contribution in [0.25, 0.3) is 56.1 Å². The van der Waals surface area contributed by atoms with E-state index in [1.165, 1.54) is 35.5 Å². The number of hydrogen-bond donors (Lipinski definition) is 0. The van der Waals surface area contributed by atoms with Crippen molar-refractivity contribution in [2.45, 2.75) is 0 Å². The summed E-state index contributed by atoms with van der Waals surface area (Å²) in [7, 11) is 5.63. The molecule has 0 saturated carbocycles. The molecule has 0 N–H and O–H groups in total. The van der Waals surface area contributed by atoms with E-state index in [1.54, 1.807) is 36.4 Å². The number of benzene rings is 4. The fourth-order valence-corrected chi connectivity index (χ4v) is 9.11. The fourth-order valence-electron chi connectivity index (χ4n) is 3.45. The van der Waals surface area contributed by atoms with Gasteiger partial charge in [0, 0.05) is 90.4 Å². The van der Waals surface area contributed by atoms with Crippen molar-refractivity contribution >= 4 is 91.4 Å². The molecule has 0 saturated heterocycles. The molecular weight excluding hydrogens is 610 g/mol. The number of aromatic nitrogens is 3. The number of nitrogens with zero attached hydrogens (tertiary/aromatic N) is 3. The molecule has 6 aromatic rings.